The van der Waals surface area contributed by atoms with E-state index in [1.807, 2.05) is 49.1 Å². The number of hydrogen-bond acceptors (Lipinski definition) is 6. The highest BCUT2D eigenvalue weighted by atomic mass is 16.6. The van der Waals surface area contributed by atoms with Crippen molar-refractivity contribution < 1.29 is 28.7 Å². The van der Waals surface area contributed by atoms with Crippen molar-refractivity contribution in [3.63, 3.8) is 0 Å². The number of hydrogen-bond donors (Lipinski definition) is 3. The summed E-state index contributed by atoms with van der Waals surface area (Å²) < 4.78 is 6.64. The van der Waals surface area contributed by atoms with E-state index in [0.717, 1.165) is 92.6 Å². The lowest BCUT2D eigenvalue weighted by Gasteiger charge is -2.47. The number of carbonyl (C=O) groups excluding carboxylic acids is 3. The molecule has 4 amide bonds. The Morgan fingerprint density at radius 3 is 2.35 bits per heavy atom. The SMILES string of the molecule is Cc1cc(C[C@@H](OC(=O)N2CCC(N3CCc4ccccc4NC3=O)CC2)C(=O)[N+]2(C3CCNCC3)CCCCC2)cc(C)c1O. The lowest BCUT2D eigenvalue weighted by molar-refractivity contribution is -0.886. The number of carbonyl (C=O) groups is 3. The fourth-order valence-electron chi connectivity index (χ4n) is 8.28. The van der Waals surface area contributed by atoms with E-state index in [-0.39, 0.29) is 36.2 Å². The molecular weight excluding hydrogens is 582 g/mol. The standard InChI is InChI=1S/C36H49N5O5/c1-25-22-27(23-26(2)33(25)42)24-32(34(43)41(20-6-3-7-21-41)30-10-15-37-16-11-30)46-36(45)39-17-13-29(14-18-39)40-19-12-28-8-4-5-9-31(28)38-35(40)44/h4-5,8-9,22-23,29-30,32,37H,3,6-7,10-21,24H2,1-2H3,(H-,38,42,44)/p+1/t32-/m1/s1. The van der Waals surface area contributed by atoms with Crippen LogP contribution in [0.2, 0.25) is 0 Å². The number of benzene rings is 2. The Balaban J connectivity index is 1.17. The summed E-state index contributed by atoms with van der Waals surface area (Å²) in [6.07, 6.45) is 5.98. The van der Waals surface area contributed by atoms with Crippen molar-refractivity contribution >= 4 is 23.7 Å². The lowest BCUT2D eigenvalue weighted by atomic mass is 9.93. The van der Waals surface area contributed by atoms with Gasteiger partial charge in [0.15, 0.2) is 0 Å². The molecule has 3 fully saturated rings. The van der Waals surface area contributed by atoms with Gasteiger partial charge in [0.25, 0.3) is 0 Å². The number of para-hydroxylation sites is 1. The predicted octanol–water partition coefficient (Wildman–Crippen LogP) is 4.89. The highest BCUT2D eigenvalue weighted by Crippen LogP contribution is 2.32. The number of urea groups is 1. The summed E-state index contributed by atoms with van der Waals surface area (Å²) in [6.45, 7) is 8.66. The third-order valence-corrected chi connectivity index (χ3v) is 10.9. The van der Waals surface area contributed by atoms with Crippen LogP contribution in [0.4, 0.5) is 15.3 Å². The van der Waals surface area contributed by atoms with Gasteiger partial charge in [-0.15, -0.1) is 0 Å². The monoisotopic (exact) mass is 632 g/mol. The molecule has 3 saturated heterocycles. The number of likely N-dealkylation sites (tertiary alicyclic amines) is 2. The number of nitrogens with one attached hydrogen (secondary N) is 2. The van der Waals surface area contributed by atoms with Gasteiger partial charge in [-0.05, 0) is 80.7 Å². The maximum Gasteiger partial charge on any atom is 0.410 e. The topological polar surface area (TPSA) is 111 Å². The number of phenolic OH excluding ortho intramolecular Hbond substituents is 1. The van der Waals surface area contributed by atoms with E-state index in [1.54, 1.807) is 4.90 Å². The first-order chi connectivity index (χ1) is 22.2. The summed E-state index contributed by atoms with van der Waals surface area (Å²) in [4.78, 5) is 45.3. The van der Waals surface area contributed by atoms with Gasteiger partial charge in [0, 0.05) is 63.7 Å². The molecule has 2 aromatic rings. The van der Waals surface area contributed by atoms with Crippen LogP contribution in [0, 0.1) is 13.8 Å². The van der Waals surface area contributed by atoms with E-state index in [4.69, 9.17) is 4.74 Å². The molecule has 46 heavy (non-hydrogen) atoms. The van der Waals surface area contributed by atoms with E-state index >= 15 is 0 Å². The molecule has 6 rings (SSSR count). The first-order valence-electron chi connectivity index (χ1n) is 17.3. The van der Waals surface area contributed by atoms with Crippen molar-refractivity contribution in [3.05, 3.63) is 58.7 Å². The number of piperidine rings is 3. The molecule has 1 atom stereocenters. The quantitative estimate of drug-likeness (QED) is 0.391. The van der Waals surface area contributed by atoms with Gasteiger partial charge in [0.2, 0.25) is 6.10 Å². The van der Waals surface area contributed by atoms with Crippen molar-refractivity contribution in [1.82, 2.24) is 15.1 Å². The Bertz CT molecular complexity index is 1400. The van der Waals surface area contributed by atoms with Gasteiger partial charge in [0.1, 0.15) is 5.75 Å². The molecule has 0 radical (unpaired) electrons. The van der Waals surface area contributed by atoms with Gasteiger partial charge >= 0.3 is 18.0 Å². The molecular formula is C36H50N5O5+. The van der Waals surface area contributed by atoms with Crippen molar-refractivity contribution in [3.8, 4) is 5.75 Å². The molecule has 4 aliphatic heterocycles. The Morgan fingerprint density at radius 1 is 0.978 bits per heavy atom. The van der Waals surface area contributed by atoms with E-state index in [2.05, 4.69) is 16.7 Å². The largest absolute Gasteiger partial charge is 0.507 e. The van der Waals surface area contributed by atoms with Crippen LogP contribution in [0.5, 0.6) is 5.75 Å². The number of phenols is 1. The molecule has 10 nitrogen and oxygen atoms in total. The number of rotatable bonds is 6. The molecule has 2 aromatic carbocycles. The molecule has 248 valence electrons. The number of fused-ring (bicyclic) bond motifs is 1. The molecule has 0 aromatic heterocycles. The second-order valence-corrected chi connectivity index (χ2v) is 13.8. The predicted molar refractivity (Wildman–Crippen MR) is 177 cm³/mol. The maximum atomic E-state index is 14.8. The van der Waals surface area contributed by atoms with Gasteiger partial charge in [-0.25, -0.2) is 14.4 Å². The molecule has 0 unspecified atom stereocenters. The molecule has 0 bridgehead atoms. The summed E-state index contributed by atoms with van der Waals surface area (Å²) >= 11 is 0. The van der Waals surface area contributed by atoms with Gasteiger partial charge in [0.05, 0.1) is 19.1 Å². The Labute approximate surface area is 272 Å². The van der Waals surface area contributed by atoms with E-state index in [1.165, 1.54) is 0 Å². The smallest absolute Gasteiger partial charge is 0.410 e. The van der Waals surface area contributed by atoms with Gasteiger partial charge in [-0.3, -0.25) is 4.48 Å². The van der Waals surface area contributed by atoms with Crippen LogP contribution >= 0.6 is 0 Å². The normalized spacial score (nSPS) is 21.6. The molecule has 4 aliphatic rings. The van der Waals surface area contributed by atoms with Crippen LogP contribution in [0.15, 0.2) is 36.4 Å². The van der Waals surface area contributed by atoms with E-state index < -0.39 is 12.2 Å². The average Bonchev–Trinajstić information content (AvgIpc) is 3.25. The summed E-state index contributed by atoms with van der Waals surface area (Å²) in [5.74, 6) is 0.265. The zero-order valence-corrected chi connectivity index (χ0v) is 27.4. The maximum absolute atomic E-state index is 14.8. The average molecular weight is 633 g/mol. The highest BCUT2D eigenvalue weighted by Gasteiger charge is 2.50. The Morgan fingerprint density at radius 2 is 1.65 bits per heavy atom. The molecule has 3 N–H and O–H groups in total. The number of nitrogens with zero attached hydrogens (tertiary/aromatic N) is 3. The van der Waals surface area contributed by atoms with Crippen LogP contribution in [0.3, 0.4) is 0 Å². The molecule has 4 heterocycles. The van der Waals surface area contributed by atoms with Gasteiger partial charge in [-0.1, -0.05) is 30.3 Å². The van der Waals surface area contributed by atoms with Crippen LogP contribution in [0.25, 0.3) is 0 Å². The minimum atomic E-state index is -0.920. The fourth-order valence-corrected chi connectivity index (χ4v) is 8.28. The number of aromatic hydroxyl groups is 1. The Hall–Kier alpha value is -3.63. The number of anilines is 1. The van der Waals surface area contributed by atoms with Crippen molar-refractivity contribution in [2.45, 2.75) is 89.8 Å². The number of amides is 4. The van der Waals surface area contributed by atoms with Crippen molar-refractivity contribution in [2.24, 2.45) is 0 Å². The zero-order chi connectivity index (χ0) is 32.3. The number of quaternary nitrogens is 1. The minimum absolute atomic E-state index is 0.0130. The van der Waals surface area contributed by atoms with Gasteiger partial charge in [-0.2, -0.15) is 0 Å². The second-order valence-electron chi connectivity index (χ2n) is 13.8. The van der Waals surface area contributed by atoms with Crippen LogP contribution in [-0.2, 0) is 22.4 Å². The lowest BCUT2D eigenvalue weighted by Crippen LogP contribution is -2.67. The van der Waals surface area contributed by atoms with Gasteiger partial charge < -0.3 is 30.3 Å². The fraction of sp³-hybridized carbons (Fsp3) is 0.583. The summed E-state index contributed by atoms with van der Waals surface area (Å²) in [5.41, 5.74) is 4.37. The second kappa shape index (κ2) is 14.0. The molecule has 0 spiro atoms. The summed E-state index contributed by atoms with van der Waals surface area (Å²) in [5, 5.41) is 16.9. The van der Waals surface area contributed by atoms with Crippen LogP contribution < -0.4 is 10.6 Å². The van der Waals surface area contributed by atoms with Crippen molar-refractivity contribution in [1.29, 1.82) is 0 Å². The summed E-state index contributed by atoms with van der Waals surface area (Å²) in [7, 11) is 0. The molecule has 0 aliphatic carbocycles. The summed E-state index contributed by atoms with van der Waals surface area (Å²) in [6, 6.07) is 11.9. The number of ether oxygens (including phenoxy) is 1. The van der Waals surface area contributed by atoms with E-state index in [0.29, 0.717) is 37.0 Å². The Kier molecular flexibility index (Phi) is 9.84. The van der Waals surface area contributed by atoms with Crippen molar-refractivity contribution in [2.75, 3.05) is 51.1 Å². The van der Waals surface area contributed by atoms with E-state index in [9.17, 15) is 19.5 Å². The first kappa shape index (κ1) is 32.3. The molecule has 10 heteroatoms. The zero-order valence-electron chi connectivity index (χ0n) is 27.4. The first-order valence-corrected chi connectivity index (χ1v) is 17.3. The third kappa shape index (κ3) is 6.74. The minimum Gasteiger partial charge on any atom is -0.507 e. The number of aryl methyl sites for hydroxylation is 2. The third-order valence-electron chi connectivity index (χ3n) is 10.9. The van der Waals surface area contributed by atoms with Crippen LogP contribution in [0.1, 0.15) is 67.2 Å². The molecule has 0 saturated carbocycles. The van der Waals surface area contributed by atoms with Crippen LogP contribution in [-0.4, -0.2) is 101 Å². The highest BCUT2D eigenvalue weighted by molar-refractivity contribution is 5.91.